The number of ether oxygens (including phenoxy) is 10. The highest BCUT2D eigenvalue weighted by Crippen LogP contribution is 2.18. The lowest BCUT2D eigenvalue weighted by atomic mass is 10.0. The number of aryl methyl sites for hydroxylation is 1. The Kier molecular flexibility index (Phi) is 39.0. The molecule has 0 aliphatic heterocycles. The molecule has 0 fully saturated rings. The van der Waals surface area contributed by atoms with Crippen molar-refractivity contribution in [2.24, 2.45) is 0 Å². The molecule has 1 aromatic carbocycles. The van der Waals surface area contributed by atoms with Crippen LogP contribution in [0.2, 0.25) is 6.04 Å². The third-order valence-corrected chi connectivity index (χ3v) is 11.5. The number of carbonyl (C=O) groups is 1. The van der Waals surface area contributed by atoms with E-state index in [4.69, 9.17) is 60.6 Å². The van der Waals surface area contributed by atoms with E-state index in [0.29, 0.717) is 145 Å². The highest BCUT2D eigenvalue weighted by molar-refractivity contribution is 6.60. The maximum Gasteiger partial charge on any atom is 0.500 e. The number of hydrogen-bond acceptors (Lipinski definition) is 14. The van der Waals surface area contributed by atoms with Crippen molar-refractivity contribution in [3.63, 3.8) is 0 Å². The lowest BCUT2D eigenvalue weighted by Gasteiger charge is -2.28. The zero-order chi connectivity index (χ0) is 41.9. The van der Waals surface area contributed by atoms with Crippen LogP contribution in [0.5, 0.6) is 5.75 Å². The SMILES string of the molecule is CCCCCCCCc1ccc(OCCOCCOCCOCCOCCOCCOCCOCCOCCOC(=O)NCCC[Si](OCC)(OCC)OCC)cc1. The molecule has 0 aliphatic rings. The topological polar surface area (TPSA) is 149 Å². The first-order valence-electron chi connectivity index (χ1n) is 21.7. The minimum Gasteiger partial charge on any atom is -0.491 e. The van der Waals surface area contributed by atoms with Crippen molar-refractivity contribution in [2.75, 3.05) is 145 Å². The molecule has 0 saturated heterocycles. The van der Waals surface area contributed by atoms with E-state index < -0.39 is 14.9 Å². The van der Waals surface area contributed by atoms with Crippen molar-refractivity contribution < 1.29 is 65.4 Å². The molecule has 1 N–H and O–H groups in total. The third kappa shape index (κ3) is 33.9. The van der Waals surface area contributed by atoms with Gasteiger partial charge in [0.15, 0.2) is 0 Å². The molecule has 0 aromatic heterocycles. The van der Waals surface area contributed by atoms with Crippen molar-refractivity contribution in [1.82, 2.24) is 5.32 Å². The molecule has 0 aliphatic carbocycles. The van der Waals surface area contributed by atoms with Crippen molar-refractivity contribution >= 4 is 14.9 Å². The smallest absolute Gasteiger partial charge is 0.491 e. The van der Waals surface area contributed by atoms with Gasteiger partial charge in [-0.3, -0.25) is 0 Å². The standard InChI is InChI=1S/C42H79NO14Si/c1-5-9-10-11-12-13-15-40-16-18-41(19-17-40)53-37-35-51-33-31-49-29-27-47-25-23-45-21-22-46-24-26-48-28-30-50-32-34-52-36-38-54-42(44)43-20-14-39-58(55-6-2,56-7-3)57-8-4/h16-19H,5-15,20-39H2,1-4H3,(H,43,44). The lowest BCUT2D eigenvalue weighted by Crippen LogP contribution is -2.46. The summed E-state index contributed by atoms with van der Waals surface area (Å²) in [5, 5.41) is 2.73. The molecule has 0 unspecified atom stereocenters. The molecule has 0 spiro atoms. The van der Waals surface area contributed by atoms with Gasteiger partial charge < -0.3 is 66.0 Å². The average molecular weight is 850 g/mol. The summed E-state index contributed by atoms with van der Waals surface area (Å²) >= 11 is 0. The molecule has 1 aromatic rings. The van der Waals surface area contributed by atoms with E-state index in [1.807, 2.05) is 32.9 Å². The summed E-state index contributed by atoms with van der Waals surface area (Å²) in [6.07, 6.45) is 9.24. The Balaban J connectivity index is 1.75. The highest BCUT2D eigenvalue weighted by Gasteiger charge is 2.39. The van der Waals surface area contributed by atoms with Crippen LogP contribution < -0.4 is 10.1 Å². The van der Waals surface area contributed by atoms with Crippen LogP contribution in [0.3, 0.4) is 0 Å². The van der Waals surface area contributed by atoms with Crippen LogP contribution in [0.4, 0.5) is 4.79 Å². The number of nitrogens with one attached hydrogen (secondary N) is 1. The molecule has 1 rings (SSSR count). The minimum absolute atomic E-state index is 0.156. The Labute approximate surface area is 351 Å². The fraction of sp³-hybridized carbons (Fsp3) is 0.833. The second-order valence-corrected chi connectivity index (χ2v) is 15.8. The number of carbonyl (C=O) groups excluding carboxylic acids is 1. The van der Waals surface area contributed by atoms with Crippen molar-refractivity contribution in [3.05, 3.63) is 29.8 Å². The summed E-state index contributed by atoms with van der Waals surface area (Å²) in [4.78, 5) is 11.9. The minimum atomic E-state index is -2.70. The van der Waals surface area contributed by atoms with Gasteiger partial charge >= 0.3 is 14.9 Å². The molecule has 15 nitrogen and oxygen atoms in total. The van der Waals surface area contributed by atoms with E-state index in [9.17, 15) is 4.79 Å². The van der Waals surface area contributed by atoms with Crippen molar-refractivity contribution in [1.29, 1.82) is 0 Å². The Morgan fingerprint density at radius 3 is 1.31 bits per heavy atom. The maximum atomic E-state index is 11.9. The second kappa shape index (κ2) is 41.8. The third-order valence-electron chi connectivity index (χ3n) is 8.33. The predicted octanol–water partition coefficient (Wildman–Crippen LogP) is 6.27. The van der Waals surface area contributed by atoms with E-state index in [1.54, 1.807) is 0 Å². The quantitative estimate of drug-likeness (QED) is 0.0581. The molecule has 0 heterocycles. The zero-order valence-corrected chi connectivity index (χ0v) is 37.4. The van der Waals surface area contributed by atoms with E-state index in [2.05, 4.69) is 24.4 Å². The normalized spacial score (nSPS) is 11.7. The molecule has 16 heteroatoms. The first-order valence-corrected chi connectivity index (χ1v) is 23.7. The molecule has 0 atom stereocenters. The Morgan fingerprint density at radius 1 is 0.483 bits per heavy atom. The van der Waals surface area contributed by atoms with Crippen LogP contribution in [0.1, 0.15) is 78.2 Å². The number of amides is 1. The monoisotopic (exact) mass is 850 g/mol. The van der Waals surface area contributed by atoms with Crippen LogP contribution >= 0.6 is 0 Å². The summed E-state index contributed by atoms with van der Waals surface area (Å²) in [5.41, 5.74) is 1.37. The summed E-state index contributed by atoms with van der Waals surface area (Å²) in [5.74, 6) is 0.879. The van der Waals surface area contributed by atoms with Crippen LogP contribution in [0, 0.1) is 0 Å². The predicted molar refractivity (Wildman–Crippen MR) is 225 cm³/mol. The number of unbranched alkanes of at least 4 members (excludes halogenated alkanes) is 5. The van der Waals surface area contributed by atoms with Crippen molar-refractivity contribution in [3.8, 4) is 5.75 Å². The molecular formula is C42H79NO14Si. The van der Waals surface area contributed by atoms with E-state index >= 15 is 0 Å². The van der Waals surface area contributed by atoms with E-state index in [1.165, 1.54) is 44.1 Å². The largest absolute Gasteiger partial charge is 0.500 e. The van der Waals surface area contributed by atoms with Gasteiger partial charge in [-0.25, -0.2) is 4.79 Å². The van der Waals surface area contributed by atoms with E-state index in [-0.39, 0.29) is 13.2 Å². The highest BCUT2D eigenvalue weighted by atomic mass is 28.4. The molecule has 58 heavy (non-hydrogen) atoms. The first kappa shape index (κ1) is 54.1. The Morgan fingerprint density at radius 2 is 0.879 bits per heavy atom. The zero-order valence-electron chi connectivity index (χ0n) is 36.4. The van der Waals surface area contributed by atoms with Crippen LogP contribution in [0.15, 0.2) is 24.3 Å². The summed E-state index contributed by atoms with van der Waals surface area (Å²) in [6, 6.07) is 9.05. The Bertz CT molecular complexity index is 996. The molecule has 0 radical (unpaired) electrons. The number of alkyl carbamates (subject to hydrolysis) is 1. The van der Waals surface area contributed by atoms with Gasteiger partial charge in [0.25, 0.3) is 0 Å². The fourth-order valence-corrected chi connectivity index (χ4v) is 8.07. The molecule has 1 amide bonds. The Hall–Kier alpha value is -1.93. The lowest BCUT2D eigenvalue weighted by molar-refractivity contribution is -0.0244. The molecule has 340 valence electrons. The maximum absolute atomic E-state index is 11.9. The van der Waals surface area contributed by atoms with Gasteiger partial charge in [-0.05, 0) is 57.7 Å². The van der Waals surface area contributed by atoms with Gasteiger partial charge in [-0.2, -0.15) is 0 Å². The number of hydrogen-bond donors (Lipinski definition) is 1. The summed E-state index contributed by atoms with van der Waals surface area (Å²) < 4.78 is 72.5. The number of rotatable bonds is 45. The molecular weight excluding hydrogens is 771 g/mol. The number of benzene rings is 1. The van der Waals surface area contributed by atoms with Gasteiger partial charge in [-0.1, -0.05) is 51.2 Å². The fourth-order valence-electron chi connectivity index (χ4n) is 5.46. The van der Waals surface area contributed by atoms with Gasteiger partial charge in [0, 0.05) is 32.4 Å². The summed E-state index contributed by atoms with van der Waals surface area (Å²) in [6.45, 7) is 18.2. The first-order chi connectivity index (χ1) is 28.6. The van der Waals surface area contributed by atoms with Gasteiger partial charge in [0.05, 0.1) is 106 Å². The molecule has 0 bridgehead atoms. The van der Waals surface area contributed by atoms with Crippen LogP contribution in [-0.4, -0.2) is 160 Å². The van der Waals surface area contributed by atoms with Crippen molar-refractivity contribution in [2.45, 2.75) is 85.1 Å². The van der Waals surface area contributed by atoms with Crippen LogP contribution in [-0.2, 0) is 62.3 Å². The van der Waals surface area contributed by atoms with Gasteiger partial charge in [-0.15, -0.1) is 0 Å². The summed E-state index contributed by atoms with van der Waals surface area (Å²) in [7, 11) is -2.70. The van der Waals surface area contributed by atoms with Gasteiger partial charge in [0.1, 0.15) is 19.0 Å². The van der Waals surface area contributed by atoms with Gasteiger partial charge in [0.2, 0.25) is 0 Å². The van der Waals surface area contributed by atoms with Crippen LogP contribution in [0.25, 0.3) is 0 Å². The van der Waals surface area contributed by atoms with E-state index in [0.717, 1.165) is 12.2 Å². The molecule has 0 saturated carbocycles. The second-order valence-electron chi connectivity index (χ2n) is 13.1. The average Bonchev–Trinajstić information content (AvgIpc) is 3.22.